The summed E-state index contributed by atoms with van der Waals surface area (Å²) < 4.78 is 4.80. The van der Waals surface area contributed by atoms with Gasteiger partial charge in [-0.1, -0.05) is 18.2 Å². The number of rotatable bonds is 5. The van der Waals surface area contributed by atoms with Crippen LogP contribution in [0.15, 0.2) is 18.2 Å². The summed E-state index contributed by atoms with van der Waals surface area (Å²) in [5.74, 6) is -0.172. The van der Waals surface area contributed by atoms with Crippen molar-refractivity contribution in [1.29, 1.82) is 0 Å². The molecule has 0 spiro atoms. The Labute approximate surface area is 115 Å². The molecule has 0 fully saturated rings. The van der Waals surface area contributed by atoms with Gasteiger partial charge in [0.25, 0.3) is 0 Å². The molecule has 2 rings (SSSR count). The van der Waals surface area contributed by atoms with Crippen LogP contribution in [0.2, 0.25) is 0 Å². The first kappa shape index (κ1) is 14.1. The summed E-state index contributed by atoms with van der Waals surface area (Å²) in [5, 5.41) is 3.35. The molecule has 0 amide bonds. The summed E-state index contributed by atoms with van der Waals surface area (Å²) in [6.07, 6.45) is 3.71. The molecule has 0 saturated heterocycles. The lowest BCUT2D eigenvalue weighted by Gasteiger charge is -2.21. The Kier molecular flexibility index (Phi) is 4.25. The number of carbonyl (C=O) groups is 1. The Balaban J connectivity index is 1.88. The summed E-state index contributed by atoms with van der Waals surface area (Å²) in [4.78, 5) is 11.6. The summed E-state index contributed by atoms with van der Waals surface area (Å²) in [7, 11) is 1.44. The predicted molar refractivity (Wildman–Crippen MR) is 76.0 cm³/mol. The minimum Gasteiger partial charge on any atom is -0.469 e. The fourth-order valence-corrected chi connectivity index (χ4v) is 2.60. The topological polar surface area (TPSA) is 38.3 Å². The Morgan fingerprint density at radius 2 is 2.05 bits per heavy atom. The van der Waals surface area contributed by atoms with Crippen LogP contribution in [-0.4, -0.2) is 19.6 Å². The van der Waals surface area contributed by atoms with Crippen LogP contribution < -0.4 is 5.32 Å². The Morgan fingerprint density at radius 3 is 2.79 bits per heavy atom. The predicted octanol–water partition coefficient (Wildman–Crippen LogP) is 2.46. The van der Waals surface area contributed by atoms with E-state index >= 15 is 0 Å². The molecule has 1 aromatic rings. The number of hydrogen-bond acceptors (Lipinski definition) is 3. The van der Waals surface area contributed by atoms with Crippen LogP contribution in [0.3, 0.4) is 0 Å². The molecule has 0 saturated carbocycles. The van der Waals surface area contributed by atoms with Gasteiger partial charge in [-0.3, -0.25) is 4.79 Å². The van der Waals surface area contributed by atoms with E-state index in [9.17, 15) is 4.79 Å². The van der Waals surface area contributed by atoms with E-state index < -0.39 is 5.41 Å². The zero-order valence-electron chi connectivity index (χ0n) is 12.1. The van der Waals surface area contributed by atoms with Gasteiger partial charge in [0.15, 0.2) is 0 Å². The molecule has 0 heterocycles. The summed E-state index contributed by atoms with van der Waals surface area (Å²) in [6.45, 7) is 5.22. The van der Waals surface area contributed by atoms with Gasteiger partial charge in [0.2, 0.25) is 0 Å². The fraction of sp³-hybridized carbons (Fsp3) is 0.562. The fourth-order valence-electron chi connectivity index (χ4n) is 2.60. The maximum Gasteiger partial charge on any atom is 0.312 e. The van der Waals surface area contributed by atoms with Crippen molar-refractivity contribution in [2.24, 2.45) is 5.41 Å². The van der Waals surface area contributed by atoms with E-state index in [2.05, 4.69) is 23.5 Å². The van der Waals surface area contributed by atoms with Gasteiger partial charge in [-0.25, -0.2) is 0 Å². The first-order chi connectivity index (χ1) is 9.03. The Morgan fingerprint density at radius 1 is 1.32 bits per heavy atom. The van der Waals surface area contributed by atoms with Gasteiger partial charge >= 0.3 is 5.97 Å². The Hall–Kier alpha value is -1.35. The van der Waals surface area contributed by atoms with Gasteiger partial charge in [0, 0.05) is 13.1 Å². The molecule has 3 heteroatoms. The number of hydrogen-bond donors (Lipinski definition) is 1. The maximum absolute atomic E-state index is 11.6. The molecule has 0 unspecified atom stereocenters. The van der Waals surface area contributed by atoms with Crippen LogP contribution in [0.25, 0.3) is 0 Å². The van der Waals surface area contributed by atoms with Crippen LogP contribution in [0, 0.1) is 5.41 Å². The van der Waals surface area contributed by atoms with Crippen molar-refractivity contribution in [2.45, 2.75) is 39.7 Å². The van der Waals surface area contributed by atoms with Gasteiger partial charge in [-0.15, -0.1) is 0 Å². The quantitative estimate of drug-likeness (QED) is 0.827. The monoisotopic (exact) mass is 261 g/mol. The van der Waals surface area contributed by atoms with Gasteiger partial charge in [-0.2, -0.15) is 0 Å². The van der Waals surface area contributed by atoms with Crippen LogP contribution in [0.4, 0.5) is 0 Å². The second-order valence-corrected chi connectivity index (χ2v) is 5.94. The molecule has 19 heavy (non-hydrogen) atoms. The maximum atomic E-state index is 11.6. The molecule has 1 N–H and O–H groups in total. The number of nitrogens with one attached hydrogen (secondary N) is 1. The van der Waals surface area contributed by atoms with Gasteiger partial charge in [-0.05, 0) is 49.8 Å². The van der Waals surface area contributed by atoms with Crippen LogP contribution in [0.5, 0.6) is 0 Å². The van der Waals surface area contributed by atoms with Crippen molar-refractivity contribution in [3.8, 4) is 0 Å². The second kappa shape index (κ2) is 5.74. The number of esters is 1. The SMILES string of the molecule is COC(=O)C(C)(C)CNCc1ccc2c(c1)CCC2. The van der Waals surface area contributed by atoms with Crippen LogP contribution in [-0.2, 0) is 28.9 Å². The highest BCUT2D eigenvalue weighted by Gasteiger charge is 2.27. The van der Waals surface area contributed by atoms with E-state index in [4.69, 9.17) is 4.74 Å². The molecular formula is C16H23NO2. The van der Waals surface area contributed by atoms with Crippen molar-refractivity contribution >= 4 is 5.97 Å². The second-order valence-electron chi connectivity index (χ2n) is 5.94. The third-order valence-corrected chi connectivity index (χ3v) is 3.80. The van der Waals surface area contributed by atoms with E-state index in [-0.39, 0.29) is 5.97 Å². The summed E-state index contributed by atoms with van der Waals surface area (Å²) in [6, 6.07) is 6.72. The van der Waals surface area contributed by atoms with E-state index in [1.54, 1.807) is 0 Å². The van der Waals surface area contributed by atoms with Gasteiger partial charge < -0.3 is 10.1 Å². The molecule has 0 atom stereocenters. The first-order valence-electron chi connectivity index (χ1n) is 6.93. The van der Waals surface area contributed by atoms with Crippen LogP contribution >= 0.6 is 0 Å². The molecule has 1 aromatic carbocycles. The van der Waals surface area contributed by atoms with Crippen molar-refractivity contribution < 1.29 is 9.53 Å². The minimum atomic E-state index is -0.481. The summed E-state index contributed by atoms with van der Waals surface area (Å²) >= 11 is 0. The molecule has 0 aliphatic heterocycles. The molecule has 0 bridgehead atoms. The standard InChI is InChI=1S/C16H23NO2/c1-16(2,15(18)19-3)11-17-10-12-7-8-13-5-4-6-14(13)9-12/h7-9,17H,4-6,10-11H2,1-3H3. The van der Waals surface area contributed by atoms with E-state index in [1.807, 2.05) is 13.8 Å². The number of fused-ring (bicyclic) bond motifs is 1. The third kappa shape index (κ3) is 3.35. The number of carbonyl (C=O) groups excluding carboxylic acids is 1. The smallest absolute Gasteiger partial charge is 0.312 e. The lowest BCUT2D eigenvalue weighted by atomic mass is 9.93. The largest absolute Gasteiger partial charge is 0.469 e. The average molecular weight is 261 g/mol. The molecule has 104 valence electrons. The van der Waals surface area contributed by atoms with Crippen molar-refractivity contribution in [3.05, 3.63) is 34.9 Å². The highest BCUT2D eigenvalue weighted by atomic mass is 16.5. The first-order valence-corrected chi connectivity index (χ1v) is 6.93. The lowest BCUT2D eigenvalue weighted by Crippen LogP contribution is -2.36. The normalized spacial score (nSPS) is 14.3. The zero-order chi connectivity index (χ0) is 13.9. The molecular weight excluding hydrogens is 238 g/mol. The lowest BCUT2D eigenvalue weighted by molar-refractivity contribution is -0.150. The number of ether oxygens (including phenoxy) is 1. The average Bonchev–Trinajstić information content (AvgIpc) is 2.84. The van der Waals surface area contributed by atoms with E-state index in [0.717, 1.165) is 6.54 Å². The number of aryl methyl sites for hydroxylation is 2. The van der Waals surface area contributed by atoms with Gasteiger partial charge in [0.1, 0.15) is 0 Å². The summed E-state index contributed by atoms with van der Waals surface area (Å²) in [5.41, 5.74) is 3.80. The van der Waals surface area contributed by atoms with Gasteiger partial charge in [0.05, 0.1) is 12.5 Å². The number of benzene rings is 1. The number of methoxy groups -OCH3 is 1. The van der Waals surface area contributed by atoms with E-state index in [0.29, 0.717) is 6.54 Å². The van der Waals surface area contributed by atoms with Crippen molar-refractivity contribution in [3.63, 3.8) is 0 Å². The van der Waals surface area contributed by atoms with Crippen molar-refractivity contribution in [2.75, 3.05) is 13.7 Å². The zero-order valence-corrected chi connectivity index (χ0v) is 12.1. The van der Waals surface area contributed by atoms with Crippen LogP contribution in [0.1, 0.15) is 37.0 Å². The highest BCUT2D eigenvalue weighted by molar-refractivity contribution is 5.76. The molecule has 0 aromatic heterocycles. The molecule has 3 nitrogen and oxygen atoms in total. The Bertz CT molecular complexity index is 466. The minimum absolute atomic E-state index is 0.172. The van der Waals surface area contributed by atoms with Crippen molar-refractivity contribution in [1.82, 2.24) is 5.32 Å². The highest BCUT2D eigenvalue weighted by Crippen LogP contribution is 2.23. The van der Waals surface area contributed by atoms with E-state index in [1.165, 1.54) is 43.1 Å². The third-order valence-electron chi connectivity index (χ3n) is 3.80. The molecule has 0 radical (unpaired) electrons. The molecule has 1 aliphatic rings. The molecule has 1 aliphatic carbocycles.